The molecule has 0 bridgehead atoms. The summed E-state index contributed by atoms with van der Waals surface area (Å²) in [7, 11) is 0. The Morgan fingerprint density at radius 1 is 0.880 bits per heavy atom. The predicted octanol–water partition coefficient (Wildman–Crippen LogP) is 4.20. The lowest BCUT2D eigenvalue weighted by Crippen LogP contribution is -2.41. The van der Waals surface area contributed by atoms with Gasteiger partial charge in [-0.05, 0) is 37.5 Å². The molecule has 2 aromatic rings. The van der Waals surface area contributed by atoms with Gasteiger partial charge < -0.3 is 5.32 Å². The lowest BCUT2D eigenvalue weighted by Gasteiger charge is -2.26. The van der Waals surface area contributed by atoms with Crippen molar-refractivity contribution < 1.29 is 9.59 Å². The smallest absolute Gasteiger partial charge is 0.241 e. The molecule has 0 aliphatic carbocycles. The average Bonchev–Trinajstić information content (AvgIpc) is 2.60. The average molecular weight is 338 g/mol. The number of rotatable bonds is 7. The molecule has 0 aromatic heterocycles. The van der Waals surface area contributed by atoms with Gasteiger partial charge in [-0.25, -0.2) is 0 Å². The predicted molar refractivity (Wildman–Crippen MR) is 102 cm³/mol. The monoisotopic (exact) mass is 338 g/mol. The SMILES string of the molecule is CC(=O)c1ccccc1NC(=O)[C@@H](C)N[C@@H](c1ccccc1)C(C)C. The first-order chi connectivity index (χ1) is 11.9. The van der Waals surface area contributed by atoms with Crippen LogP contribution >= 0.6 is 0 Å². The third-order valence-corrected chi connectivity index (χ3v) is 4.21. The number of anilines is 1. The molecule has 2 N–H and O–H groups in total. The second-order valence-electron chi connectivity index (χ2n) is 6.61. The molecule has 2 aromatic carbocycles. The fraction of sp³-hybridized carbons (Fsp3) is 0.333. The van der Waals surface area contributed by atoms with E-state index in [9.17, 15) is 9.59 Å². The highest BCUT2D eigenvalue weighted by Crippen LogP contribution is 2.22. The molecule has 0 heterocycles. The molecule has 0 aliphatic rings. The molecule has 0 saturated heterocycles. The number of para-hydroxylation sites is 1. The quantitative estimate of drug-likeness (QED) is 0.744. The third-order valence-electron chi connectivity index (χ3n) is 4.21. The Labute approximate surface area is 149 Å². The summed E-state index contributed by atoms with van der Waals surface area (Å²) in [4.78, 5) is 24.3. The van der Waals surface area contributed by atoms with Crippen molar-refractivity contribution in [1.29, 1.82) is 0 Å². The molecule has 132 valence electrons. The minimum absolute atomic E-state index is 0.0687. The van der Waals surface area contributed by atoms with Crippen LogP contribution in [-0.4, -0.2) is 17.7 Å². The fourth-order valence-electron chi connectivity index (χ4n) is 2.82. The summed E-state index contributed by atoms with van der Waals surface area (Å²) in [6.07, 6.45) is 0. The number of benzene rings is 2. The van der Waals surface area contributed by atoms with Gasteiger partial charge in [-0.3, -0.25) is 14.9 Å². The zero-order chi connectivity index (χ0) is 18.4. The van der Waals surface area contributed by atoms with Crippen molar-refractivity contribution in [3.05, 3.63) is 65.7 Å². The van der Waals surface area contributed by atoms with Crippen molar-refractivity contribution >= 4 is 17.4 Å². The summed E-state index contributed by atoms with van der Waals surface area (Å²) in [5, 5.41) is 6.27. The molecular weight excluding hydrogens is 312 g/mol. The van der Waals surface area contributed by atoms with E-state index in [1.54, 1.807) is 24.3 Å². The van der Waals surface area contributed by atoms with E-state index >= 15 is 0 Å². The summed E-state index contributed by atoms with van der Waals surface area (Å²) < 4.78 is 0. The van der Waals surface area contributed by atoms with Crippen LogP contribution in [0.25, 0.3) is 0 Å². The van der Waals surface area contributed by atoms with Crippen LogP contribution in [0.2, 0.25) is 0 Å². The largest absolute Gasteiger partial charge is 0.324 e. The van der Waals surface area contributed by atoms with E-state index < -0.39 is 6.04 Å². The molecule has 2 rings (SSSR count). The van der Waals surface area contributed by atoms with Crippen LogP contribution in [0.3, 0.4) is 0 Å². The number of hydrogen-bond acceptors (Lipinski definition) is 3. The third kappa shape index (κ3) is 5.00. The number of Topliss-reactive ketones (excluding diaryl/α,β-unsaturated/α-hetero) is 1. The van der Waals surface area contributed by atoms with E-state index in [-0.39, 0.29) is 17.7 Å². The zero-order valence-corrected chi connectivity index (χ0v) is 15.2. The maximum atomic E-state index is 12.6. The van der Waals surface area contributed by atoms with E-state index in [0.29, 0.717) is 17.2 Å². The normalized spacial score (nSPS) is 13.3. The van der Waals surface area contributed by atoms with Crippen molar-refractivity contribution in [2.75, 3.05) is 5.32 Å². The van der Waals surface area contributed by atoms with Gasteiger partial charge in [0, 0.05) is 11.6 Å². The minimum atomic E-state index is -0.396. The Morgan fingerprint density at radius 3 is 2.08 bits per heavy atom. The van der Waals surface area contributed by atoms with Crippen molar-refractivity contribution in [3.63, 3.8) is 0 Å². The summed E-state index contributed by atoms with van der Waals surface area (Å²) >= 11 is 0. The second kappa shape index (κ2) is 8.58. The summed E-state index contributed by atoms with van der Waals surface area (Å²) in [6.45, 7) is 7.58. The molecule has 0 saturated carbocycles. The zero-order valence-electron chi connectivity index (χ0n) is 15.2. The summed E-state index contributed by atoms with van der Waals surface area (Å²) in [5.41, 5.74) is 2.22. The Hall–Kier alpha value is -2.46. The maximum absolute atomic E-state index is 12.6. The minimum Gasteiger partial charge on any atom is -0.324 e. The van der Waals surface area contributed by atoms with Gasteiger partial charge in [-0.1, -0.05) is 56.3 Å². The Balaban J connectivity index is 2.10. The van der Waals surface area contributed by atoms with Crippen LogP contribution in [-0.2, 0) is 4.79 Å². The van der Waals surface area contributed by atoms with Gasteiger partial charge >= 0.3 is 0 Å². The molecule has 25 heavy (non-hydrogen) atoms. The Bertz CT molecular complexity index is 726. The molecule has 4 nitrogen and oxygen atoms in total. The standard InChI is InChI=1S/C21H26N2O2/c1-14(2)20(17-10-6-5-7-11-17)22-15(3)21(25)23-19-13-9-8-12-18(19)16(4)24/h5-15,20,22H,1-4H3,(H,23,25)/t15-,20-/m1/s1. The summed E-state index contributed by atoms with van der Waals surface area (Å²) in [5.74, 6) is 0.110. The van der Waals surface area contributed by atoms with E-state index in [0.717, 1.165) is 5.56 Å². The van der Waals surface area contributed by atoms with E-state index in [1.807, 2.05) is 25.1 Å². The maximum Gasteiger partial charge on any atom is 0.241 e. The van der Waals surface area contributed by atoms with Crippen molar-refractivity contribution in [2.45, 2.75) is 39.8 Å². The molecular formula is C21H26N2O2. The first kappa shape index (κ1) is 18.9. The molecule has 0 fully saturated rings. The molecule has 0 aliphatic heterocycles. The number of ketones is 1. The van der Waals surface area contributed by atoms with Crippen molar-refractivity contribution in [1.82, 2.24) is 5.32 Å². The molecule has 0 spiro atoms. The van der Waals surface area contributed by atoms with E-state index in [2.05, 4.69) is 36.6 Å². The molecule has 0 unspecified atom stereocenters. The number of nitrogens with one attached hydrogen (secondary N) is 2. The molecule has 1 amide bonds. The highest BCUT2D eigenvalue weighted by Gasteiger charge is 2.22. The number of hydrogen-bond donors (Lipinski definition) is 2. The molecule has 4 heteroatoms. The van der Waals surface area contributed by atoms with Crippen molar-refractivity contribution in [3.8, 4) is 0 Å². The van der Waals surface area contributed by atoms with Crippen LogP contribution in [0.4, 0.5) is 5.69 Å². The molecule has 0 radical (unpaired) electrons. The Kier molecular flexibility index (Phi) is 6.48. The van der Waals surface area contributed by atoms with Gasteiger partial charge in [0.25, 0.3) is 0 Å². The van der Waals surface area contributed by atoms with Crippen LogP contribution in [0.15, 0.2) is 54.6 Å². The summed E-state index contributed by atoms with van der Waals surface area (Å²) in [6, 6.07) is 16.9. The highest BCUT2D eigenvalue weighted by molar-refractivity contribution is 6.04. The first-order valence-corrected chi connectivity index (χ1v) is 8.62. The van der Waals surface area contributed by atoms with Gasteiger partial charge in [-0.15, -0.1) is 0 Å². The number of carbonyl (C=O) groups is 2. The van der Waals surface area contributed by atoms with E-state index in [4.69, 9.17) is 0 Å². The van der Waals surface area contributed by atoms with E-state index in [1.165, 1.54) is 6.92 Å². The fourth-order valence-corrected chi connectivity index (χ4v) is 2.82. The van der Waals surface area contributed by atoms with Gasteiger partial charge in [0.1, 0.15) is 0 Å². The lowest BCUT2D eigenvalue weighted by atomic mass is 9.95. The molecule has 2 atom stereocenters. The Morgan fingerprint density at radius 2 is 1.48 bits per heavy atom. The topological polar surface area (TPSA) is 58.2 Å². The van der Waals surface area contributed by atoms with Gasteiger partial charge in [0.15, 0.2) is 5.78 Å². The van der Waals surface area contributed by atoms with Crippen LogP contribution in [0.1, 0.15) is 49.7 Å². The number of carbonyl (C=O) groups excluding carboxylic acids is 2. The van der Waals surface area contributed by atoms with Crippen LogP contribution in [0, 0.1) is 5.92 Å². The van der Waals surface area contributed by atoms with Gasteiger partial charge in [-0.2, -0.15) is 0 Å². The number of amides is 1. The first-order valence-electron chi connectivity index (χ1n) is 8.62. The lowest BCUT2D eigenvalue weighted by molar-refractivity contribution is -0.118. The van der Waals surface area contributed by atoms with Gasteiger partial charge in [0.05, 0.1) is 11.7 Å². The van der Waals surface area contributed by atoms with Crippen molar-refractivity contribution in [2.24, 2.45) is 5.92 Å². The van der Waals surface area contributed by atoms with Crippen LogP contribution in [0.5, 0.6) is 0 Å². The highest BCUT2D eigenvalue weighted by atomic mass is 16.2. The second-order valence-corrected chi connectivity index (χ2v) is 6.61. The van der Waals surface area contributed by atoms with Gasteiger partial charge in [0.2, 0.25) is 5.91 Å². The van der Waals surface area contributed by atoms with Crippen LogP contribution < -0.4 is 10.6 Å².